The van der Waals surface area contributed by atoms with Gasteiger partial charge >= 0.3 is 5.97 Å². The highest BCUT2D eigenvalue weighted by Crippen LogP contribution is 2.23. The van der Waals surface area contributed by atoms with Crippen LogP contribution in [0.2, 0.25) is 0 Å². The summed E-state index contributed by atoms with van der Waals surface area (Å²) in [4.78, 5) is 23.3. The number of carbonyl (C=O) groups is 2. The average Bonchev–Trinajstić information content (AvgIpc) is 2.29. The fourth-order valence-corrected chi connectivity index (χ4v) is 1.95. The number of rotatable bonds is 5. The van der Waals surface area contributed by atoms with Crippen LogP contribution in [0.4, 0.5) is 0 Å². The fourth-order valence-electron chi connectivity index (χ4n) is 1.08. The zero-order valence-electron chi connectivity index (χ0n) is 9.75. The van der Waals surface area contributed by atoms with Gasteiger partial charge in [-0.2, -0.15) is 0 Å². The number of ether oxygens (including phenoxy) is 1. The summed E-state index contributed by atoms with van der Waals surface area (Å²) in [5.41, 5.74) is 5.01. The molecular weight excluding hydrogens is 238 g/mol. The van der Waals surface area contributed by atoms with Gasteiger partial charge in [0.2, 0.25) is 0 Å². The Hall–Kier alpha value is -1.49. The Morgan fingerprint density at radius 3 is 2.35 bits per heavy atom. The Labute approximate surface area is 105 Å². The normalized spacial score (nSPS) is 13.8. The minimum atomic E-state index is -0.888. The molecule has 0 unspecified atom stereocenters. The highest BCUT2D eigenvalue weighted by molar-refractivity contribution is 8.00. The predicted octanol–water partition coefficient (Wildman–Crippen LogP) is 1.58. The number of nitrogens with two attached hydrogens (primary N) is 1. The Morgan fingerprint density at radius 1 is 1.24 bits per heavy atom. The molecular formula is C12H15NO3S. The maximum absolute atomic E-state index is 11.6. The van der Waals surface area contributed by atoms with Crippen molar-refractivity contribution in [3.63, 3.8) is 0 Å². The minimum absolute atomic E-state index is 0.376. The largest absolute Gasteiger partial charge is 0.452 e. The van der Waals surface area contributed by atoms with Crippen LogP contribution in [-0.2, 0) is 14.3 Å². The van der Waals surface area contributed by atoms with Gasteiger partial charge in [0.25, 0.3) is 5.91 Å². The van der Waals surface area contributed by atoms with Gasteiger partial charge in [-0.15, -0.1) is 11.8 Å². The highest BCUT2D eigenvalue weighted by atomic mass is 32.2. The van der Waals surface area contributed by atoms with Crippen molar-refractivity contribution in [2.24, 2.45) is 5.73 Å². The minimum Gasteiger partial charge on any atom is -0.452 e. The summed E-state index contributed by atoms with van der Waals surface area (Å²) in [5.74, 6) is -1.08. The van der Waals surface area contributed by atoms with Crippen LogP contribution in [0.15, 0.2) is 35.2 Å². The quantitative estimate of drug-likeness (QED) is 0.639. The van der Waals surface area contributed by atoms with Crippen molar-refractivity contribution < 1.29 is 14.3 Å². The molecule has 0 aliphatic heterocycles. The Morgan fingerprint density at radius 2 is 1.82 bits per heavy atom. The molecule has 1 rings (SSSR count). The molecule has 0 aliphatic rings. The third-order valence-corrected chi connectivity index (χ3v) is 3.17. The lowest BCUT2D eigenvalue weighted by atomic mass is 10.4. The SMILES string of the molecule is C[C@H](OC(=O)[C@H](C)Sc1ccccc1)C(N)=O. The van der Waals surface area contributed by atoms with Crippen LogP contribution in [0.5, 0.6) is 0 Å². The summed E-state index contributed by atoms with van der Waals surface area (Å²) < 4.78 is 4.91. The highest BCUT2D eigenvalue weighted by Gasteiger charge is 2.20. The molecule has 4 nitrogen and oxygen atoms in total. The van der Waals surface area contributed by atoms with E-state index in [9.17, 15) is 9.59 Å². The smallest absolute Gasteiger partial charge is 0.319 e. The van der Waals surface area contributed by atoms with Crippen molar-refractivity contribution in [3.05, 3.63) is 30.3 Å². The number of thioether (sulfide) groups is 1. The predicted molar refractivity (Wildman–Crippen MR) is 66.5 cm³/mol. The molecule has 0 bridgehead atoms. The number of amides is 1. The van der Waals surface area contributed by atoms with Crippen LogP contribution < -0.4 is 5.73 Å². The van der Waals surface area contributed by atoms with Crippen molar-refractivity contribution in [1.82, 2.24) is 0 Å². The third-order valence-electron chi connectivity index (χ3n) is 2.08. The second-order valence-electron chi connectivity index (χ2n) is 3.55. The first-order chi connectivity index (χ1) is 8.00. The van der Waals surface area contributed by atoms with Gasteiger partial charge in [0, 0.05) is 4.90 Å². The fraction of sp³-hybridized carbons (Fsp3) is 0.333. The van der Waals surface area contributed by atoms with Gasteiger partial charge in [-0.1, -0.05) is 18.2 Å². The Kier molecular flexibility index (Phi) is 5.03. The van der Waals surface area contributed by atoms with Crippen molar-refractivity contribution in [2.45, 2.75) is 30.1 Å². The monoisotopic (exact) mass is 253 g/mol. The molecule has 0 saturated heterocycles. The zero-order valence-corrected chi connectivity index (χ0v) is 10.6. The van der Waals surface area contributed by atoms with Crippen LogP contribution >= 0.6 is 11.8 Å². The lowest BCUT2D eigenvalue weighted by molar-refractivity contribution is -0.152. The molecule has 2 N–H and O–H groups in total. The van der Waals surface area contributed by atoms with Crippen molar-refractivity contribution in [2.75, 3.05) is 0 Å². The molecule has 0 fully saturated rings. The topological polar surface area (TPSA) is 69.4 Å². The molecule has 1 aromatic carbocycles. The average molecular weight is 253 g/mol. The number of benzene rings is 1. The molecule has 92 valence electrons. The van der Waals surface area contributed by atoms with E-state index in [1.807, 2.05) is 30.3 Å². The number of hydrogen-bond donors (Lipinski definition) is 1. The molecule has 0 saturated carbocycles. The van der Waals surface area contributed by atoms with Crippen LogP contribution in [0.3, 0.4) is 0 Å². The second-order valence-corrected chi connectivity index (χ2v) is 4.97. The lowest BCUT2D eigenvalue weighted by Crippen LogP contribution is -2.32. The van der Waals surface area contributed by atoms with Crippen LogP contribution in [-0.4, -0.2) is 23.2 Å². The van der Waals surface area contributed by atoms with Gasteiger partial charge in [-0.05, 0) is 26.0 Å². The van der Waals surface area contributed by atoms with Gasteiger partial charge in [0.15, 0.2) is 6.10 Å². The van der Waals surface area contributed by atoms with Gasteiger partial charge < -0.3 is 10.5 Å². The molecule has 0 radical (unpaired) electrons. The van der Waals surface area contributed by atoms with Gasteiger partial charge in [-0.25, -0.2) is 0 Å². The molecule has 2 atom stereocenters. The molecule has 1 aromatic rings. The lowest BCUT2D eigenvalue weighted by Gasteiger charge is -2.14. The third kappa shape index (κ3) is 4.48. The molecule has 0 aromatic heterocycles. The van der Waals surface area contributed by atoms with E-state index in [1.54, 1.807) is 6.92 Å². The Balaban J connectivity index is 2.50. The van der Waals surface area contributed by atoms with E-state index in [1.165, 1.54) is 18.7 Å². The molecule has 5 heteroatoms. The van der Waals surface area contributed by atoms with E-state index < -0.39 is 18.0 Å². The van der Waals surface area contributed by atoms with E-state index in [4.69, 9.17) is 10.5 Å². The molecule has 17 heavy (non-hydrogen) atoms. The van der Waals surface area contributed by atoms with E-state index in [2.05, 4.69) is 0 Å². The first-order valence-corrected chi connectivity index (χ1v) is 6.10. The first kappa shape index (κ1) is 13.6. The molecule has 0 aliphatic carbocycles. The number of carbonyl (C=O) groups excluding carboxylic acids is 2. The summed E-state index contributed by atoms with van der Waals surface area (Å²) in [6.07, 6.45) is -0.888. The van der Waals surface area contributed by atoms with Crippen molar-refractivity contribution in [3.8, 4) is 0 Å². The van der Waals surface area contributed by atoms with E-state index in [-0.39, 0.29) is 5.25 Å². The molecule has 0 heterocycles. The molecule has 0 spiro atoms. The number of esters is 1. The van der Waals surface area contributed by atoms with Crippen LogP contribution in [0.1, 0.15) is 13.8 Å². The summed E-state index contributed by atoms with van der Waals surface area (Å²) in [7, 11) is 0. The van der Waals surface area contributed by atoms with Crippen LogP contribution in [0.25, 0.3) is 0 Å². The van der Waals surface area contributed by atoms with Crippen molar-refractivity contribution in [1.29, 1.82) is 0 Å². The first-order valence-electron chi connectivity index (χ1n) is 5.22. The van der Waals surface area contributed by atoms with Gasteiger partial charge in [0.1, 0.15) is 5.25 Å². The van der Waals surface area contributed by atoms with E-state index in [0.29, 0.717) is 0 Å². The molecule has 1 amide bonds. The van der Waals surface area contributed by atoms with E-state index >= 15 is 0 Å². The van der Waals surface area contributed by atoms with Crippen molar-refractivity contribution >= 4 is 23.6 Å². The van der Waals surface area contributed by atoms with Gasteiger partial charge in [0.05, 0.1) is 0 Å². The Bertz CT molecular complexity index is 394. The zero-order chi connectivity index (χ0) is 12.8. The van der Waals surface area contributed by atoms with Crippen LogP contribution in [0, 0.1) is 0 Å². The summed E-state index contributed by atoms with van der Waals surface area (Å²) in [6, 6.07) is 9.51. The number of hydrogen-bond acceptors (Lipinski definition) is 4. The maximum atomic E-state index is 11.6. The second kappa shape index (κ2) is 6.30. The standard InChI is InChI=1S/C12H15NO3S/c1-8(11(13)14)16-12(15)9(2)17-10-6-4-3-5-7-10/h3-9H,1-2H3,(H2,13,14)/t8-,9-/m0/s1. The van der Waals surface area contributed by atoms with Gasteiger partial charge in [-0.3, -0.25) is 9.59 Å². The summed E-state index contributed by atoms with van der Waals surface area (Å²) in [5, 5.41) is -0.376. The van der Waals surface area contributed by atoms with E-state index in [0.717, 1.165) is 4.90 Å². The number of primary amides is 1. The summed E-state index contributed by atoms with van der Waals surface area (Å²) >= 11 is 1.38. The maximum Gasteiger partial charge on any atom is 0.319 e. The summed E-state index contributed by atoms with van der Waals surface area (Å²) in [6.45, 7) is 3.19.